The normalized spacial score (nSPS) is 26.2. The molecule has 1 heterocycles. The zero-order valence-corrected chi connectivity index (χ0v) is 12.2. The Balaban J connectivity index is 2.35. The van der Waals surface area contributed by atoms with Crippen LogP contribution in [0, 0.1) is 11.8 Å². The first kappa shape index (κ1) is 15.4. The van der Waals surface area contributed by atoms with Crippen molar-refractivity contribution in [3.63, 3.8) is 0 Å². The summed E-state index contributed by atoms with van der Waals surface area (Å²) in [6.45, 7) is 10.9. The molecule has 0 aliphatic carbocycles. The quantitative estimate of drug-likeness (QED) is 0.701. The zero-order valence-electron chi connectivity index (χ0n) is 12.2. The first-order valence-electron chi connectivity index (χ1n) is 7.12. The third kappa shape index (κ3) is 4.58. The number of hydrogen-bond donors (Lipinski definition) is 1. The van der Waals surface area contributed by atoms with E-state index in [9.17, 15) is 4.79 Å². The molecule has 3 atom stereocenters. The third-order valence-electron chi connectivity index (χ3n) is 3.92. The third-order valence-corrected chi connectivity index (χ3v) is 3.92. The molecule has 0 spiro atoms. The molecule has 0 radical (unpaired) electrons. The molecule has 4 heteroatoms. The number of hydrogen-bond acceptors (Lipinski definition) is 4. The van der Waals surface area contributed by atoms with E-state index in [-0.39, 0.29) is 12.0 Å². The molecular weight excluding hydrogens is 228 g/mol. The zero-order chi connectivity index (χ0) is 13.5. The predicted octanol–water partition coefficient (Wildman–Crippen LogP) is 1.51. The second-order valence-corrected chi connectivity index (χ2v) is 5.53. The molecule has 1 N–H and O–H groups in total. The van der Waals surface area contributed by atoms with E-state index < -0.39 is 0 Å². The fourth-order valence-electron chi connectivity index (χ4n) is 2.51. The Kier molecular flexibility index (Phi) is 6.65. The molecule has 106 valence electrons. The Bertz CT molecular complexity index is 248. The molecule has 1 fully saturated rings. The molecule has 4 nitrogen and oxygen atoms in total. The first-order valence-corrected chi connectivity index (χ1v) is 7.12. The number of carbonyl (C=O) groups is 1. The fraction of sp³-hybridized carbons (Fsp3) is 0.929. The van der Waals surface area contributed by atoms with Gasteiger partial charge in [-0.25, -0.2) is 0 Å². The Morgan fingerprint density at radius 3 is 2.50 bits per heavy atom. The van der Waals surface area contributed by atoms with Crippen molar-refractivity contribution in [2.24, 2.45) is 11.8 Å². The van der Waals surface area contributed by atoms with Crippen LogP contribution in [0.25, 0.3) is 0 Å². The minimum absolute atomic E-state index is 0.135. The fourth-order valence-corrected chi connectivity index (χ4v) is 2.51. The number of methoxy groups -OCH3 is 1. The summed E-state index contributed by atoms with van der Waals surface area (Å²) in [7, 11) is 1.46. The van der Waals surface area contributed by atoms with Gasteiger partial charge in [-0.3, -0.25) is 4.79 Å². The Morgan fingerprint density at radius 1 is 1.39 bits per heavy atom. The van der Waals surface area contributed by atoms with Crippen LogP contribution in [0.1, 0.15) is 33.6 Å². The highest BCUT2D eigenvalue weighted by molar-refractivity contribution is 5.75. The van der Waals surface area contributed by atoms with Gasteiger partial charge >= 0.3 is 5.97 Å². The van der Waals surface area contributed by atoms with Crippen LogP contribution >= 0.6 is 0 Å². The van der Waals surface area contributed by atoms with Crippen molar-refractivity contribution in [1.82, 2.24) is 10.2 Å². The summed E-state index contributed by atoms with van der Waals surface area (Å²) in [6.07, 6.45) is 1.87. The number of ether oxygens (including phenoxy) is 1. The smallest absolute Gasteiger partial charge is 0.322 e. The highest BCUT2D eigenvalue weighted by Crippen LogP contribution is 2.22. The van der Waals surface area contributed by atoms with E-state index >= 15 is 0 Å². The van der Waals surface area contributed by atoms with E-state index in [2.05, 4.69) is 31.0 Å². The van der Waals surface area contributed by atoms with Gasteiger partial charge in [0, 0.05) is 19.6 Å². The van der Waals surface area contributed by atoms with Crippen molar-refractivity contribution in [2.75, 3.05) is 33.3 Å². The van der Waals surface area contributed by atoms with Crippen LogP contribution in [-0.4, -0.2) is 50.2 Å². The lowest BCUT2D eigenvalue weighted by Gasteiger charge is -2.20. The van der Waals surface area contributed by atoms with Gasteiger partial charge in [0.25, 0.3) is 0 Å². The molecule has 3 unspecified atom stereocenters. The van der Waals surface area contributed by atoms with E-state index in [1.807, 2.05) is 0 Å². The minimum Gasteiger partial charge on any atom is -0.468 e. The first-order chi connectivity index (χ1) is 8.58. The van der Waals surface area contributed by atoms with Crippen molar-refractivity contribution in [2.45, 2.75) is 39.7 Å². The molecule has 1 rings (SSSR count). The Labute approximate surface area is 111 Å². The number of esters is 1. The maximum Gasteiger partial charge on any atom is 0.322 e. The van der Waals surface area contributed by atoms with Crippen LogP contribution in [0.3, 0.4) is 0 Å². The molecule has 1 saturated heterocycles. The molecule has 0 bridgehead atoms. The molecule has 0 saturated carbocycles. The van der Waals surface area contributed by atoms with Crippen LogP contribution in [0.5, 0.6) is 0 Å². The SMILES string of the molecule is CCCNC(CCN1CC(C)C(C)C1)C(=O)OC. The van der Waals surface area contributed by atoms with Gasteiger partial charge in [-0.1, -0.05) is 20.8 Å². The number of carbonyl (C=O) groups excluding carboxylic acids is 1. The summed E-state index contributed by atoms with van der Waals surface area (Å²) in [5, 5.41) is 3.27. The van der Waals surface area contributed by atoms with Crippen molar-refractivity contribution in [3.8, 4) is 0 Å². The van der Waals surface area contributed by atoms with Crippen LogP contribution in [0.4, 0.5) is 0 Å². The average molecular weight is 256 g/mol. The largest absolute Gasteiger partial charge is 0.468 e. The number of nitrogens with one attached hydrogen (secondary N) is 1. The molecule has 18 heavy (non-hydrogen) atoms. The van der Waals surface area contributed by atoms with Crippen molar-refractivity contribution in [3.05, 3.63) is 0 Å². The summed E-state index contributed by atoms with van der Waals surface area (Å²) >= 11 is 0. The lowest BCUT2D eigenvalue weighted by molar-refractivity contribution is -0.143. The van der Waals surface area contributed by atoms with Gasteiger partial charge in [-0.15, -0.1) is 0 Å². The van der Waals surface area contributed by atoms with E-state index in [1.165, 1.54) is 7.11 Å². The van der Waals surface area contributed by atoms with E-state index in [0.29, 0.717) is 0 Å². The number of rotatable bonds is 7. The Morgan fingerprint density at radius 2 is 2.00 bits per heavy atom. The van der Waals surface area contributed by atoms with Gasteiger partial charge in [0.2, 0.25) is 0 Å². The van der Waals surface area contributed by atoms with Crippen LogP contribution in [0.2, 0.25) is 0 Å². The molecule has 0 aromatic carbocycles. The lowest BCUT2D eigenvalue weighted by atomic mass is 10.0. The van der Waals surface area contributed by atoms with Crippen molar-refractivity contribution >= 4 is 5.97 Å². The standard InChI is InChI=1S/C14H28N2O2/c1-5-7-15-13(14(17)18-4)6-8-16-9-11(2)12(3)10-16/h11-13,15H,5-10H2,1-4H3. The second-order valence-electron chi connectivity index (χ2n) is 5.53. The molecule has 1 aliphatic rings. The van der Waals surface area contributed by atoms with Gasteiger partial charge < -0.3 is 15.0 Å². The Hall–Kier alpha value is -0.610. The number of nitrogens with zero attached hydrogens (tertiary/aromatic N) is 1. The van der Waals surface area contributed by atoms with E-state index in [4.69, 9.17) is 4.74 Å². The summed E-state index contributed by atoms with van der Waals surface area (Å²) in [4.78, 5) is 14.1. The summed E-state index contributed by atoms with van der Waals surface area (Å²) in [6, 6.07) is -0.152. The van der Waals surface area contributed by atoms with Crippen molar-refractivity contribution in [1.29, 1.82) is 0 Å². The average Bonchev–Trinajstić information content (AvgIpc) is 2.68. The van der Waals surface area contributed by atoms with Crippen LogP contribution in [-0.2, 0) is 9.53 Å². The molecule has 0 aromatic rings. The van der Waals surface area contributed by atoms with Gasteiger partial charge in [0.05, 0.1) is 7.11 Å². The van der Waals surface area contributed by atoms with Gasteiger partial charge in [-0.05, 0) is 31.2 Å². The second kappa shape index (κ2) is 7.74. The van der Waals surface area contributed by atoms with Crippen LogP contribution < -0.4 is 5.32 Å². The topological polar surface area (TPSA) is 41.6 Å². The monoisotopic (exact) mass is 256 g/mol. The van der Waals surface area contributed by atoms with E-state index in [0.717, 1.165) is 50.9 Å². The molecular formula is C14H28N2O2. The minimum atomic E-state index is -0.152. The maximum absolute atomic E-state index is 11.6. The summed E-state index contributed by atoms with van der Waals surface area (Å²) < 4.78 is 4.85. The van der Waals surface area contributed by atoms with Crippen LogP contribution in [0.15, 0.2) is 0 Å². The highest BCUT2D eigenvalue weighted by atomic mass is 16.5. The predicted molar refractivity (Wildman–Crippen MR) is 73.5 cm³/mol. The number of likely N-dealkylation sites (tertiary alicyclic amines) is 1. The van der Waals surface area contributed by atoms with Gasteiger partial charge in [0.15, 0.2) is 0 Å². The summed E-state index contributed by atoms with van der Waals surface area (Å²) in [5.41, 5.74) is 0. The lowest BCUT2D eigenvalue weighted by Crippen LogP contribution is -2.40. The maximum atomic E-state index is 11.6. The molecule has 0 aromatic heterocycles. The molecule has 0 amide bonds. The van der Waals surface area contributed by atoms with E-state index in [1.54, 1.807) is 0 Å². The molecule has 1 aliphatic heterocycles. The van der Waals surface area contributed by atoms with Gasteiger partial charge in [-0.2, -0.15) is 0 Å². The van der Waals surface area contributed by atoms with Crippen molar-refractivity contribution < 1.29 is 9.53 Å². The summed E-state index contributed by atoms with van der Waals surface area (Å²) in [5.74, 6) is 1.40. The van der Waals surface area contributed by atoms with Gasteiger partial charge in [0.1, 0.15) is 6.04 Å². The highest BCUT2D eigenvalue weighted by Gasteiger charge is 2.27.